The number of benzene rings is 2. The molecule has 0 saturated heterocycles. The maximum atomic E-state index is 15.0. The summed E-state index contributed by atoms with van der Waals surface area (Å²) >= 11 is 0. The molecule has 0 aromatic heterocycles. The van der Waals surface area contributed by atoms with E-state index in [-0.39, 0.29) is 23.7 Å². The van der Waals surface area contributed by atoms with Crippen molar-refractivity contribution >= 4 is 0 Å². The highest BCUT2D eigenvalue weighted by Crippen LogP contribution is 2.44. The summed E-state index contributed by atoms with van der Waals surface area (Å²) in [5.74, 6) is -5.89. The van der Waals surface area contributed by atoms with Crippen LogP contribution in [0.25, 0.3) is 11.1 Å². The van der Waals surface area contributed by atoms with E-state index in [1.807, 2.05) is 0 Å². The summed E-state index contributed by atoms with van der Waals surface area (Å²) in [6.45, 7) is 1.79. The molecule has 1 heterocycles. The normalized spacial score (nSPS) is 25.3. The standard InChI is InChI=1S/C24H25F5O2/c1-3-13-4-6-14(7-5-13)15-9-18(25)21(19(26)10-15)16-8-17-12-31-23(30-2)24(28,29)22(17)20(27)11-16/h8-11,13-14,23H,3-7,12H2,1-2H3. The third kappa shape index (κ3) is 3.98. The number of alkyl halides is 2. The summed E-state index contributed by atoms with van der Waals surface area (Å²) in [5, 5.41) is 0. The second-order valence-corrected chi connectivity index (χ2v) is 8.48. The first kappa shape index (κ1) is 22.2. The van der Waals surface area contributed by atoms with E-state index in [1.54, 1.807) is 0 Å². The minimum absolute atomic E-state index is 0.0826. The zero-order valence-corrected chi connectivity index (χ0v) is 17.5. The summed E-state index contributed by atoms with van der Waals surface area (Å²) in [5.41, 5.74) is -0.995. The van der Waals surface area contributed by atoms with Crippen molar-refractivity contribution in [1.82, 2.24) is 0 Å². The van der Waals surface area contributed by atoms with Gasteiger partial charge in [-0.25, -0.2) is 13.2 Å². The number of methoxy groups -OCH3 is 1. The fourth-order valence-corrected chi connectivity index (χ4v) is 4.91. The van der Waals surface area contributed by atoms with Gasteiger partial charge in [-0.2, -0.15) is 8.78 Å². The van der Waals surface area contributed by atoms with Crippen LogP contribution in [0.3, 0.4) is 0 Å². The number of hydrogen-bond donors (Lipinski definition) is 0. The maximum absolute atomic E-state index is 15.0. The van der Waals surface area contributed by atoms with Crippen LogP contribution in [0.4, 0.5) is 22.0 Å². The van der Waals surface area contributed by atoms with E-state index in [0.717, 1.165) is 51.3 Å². The first-order valence-electron chi connectivity index (χ1n) is 10.6. The number of ether oxygens (including phenoxy) is 2. The van der Waals surface area contributed by atoms with Gasteiger partial charge in [0.25, 0.3) is 0 Å². The van der Waals surface area contributed by atoms with Crippen molar-refractivity contribution in [3.05, 3.63) is 58.4 Å². The van der Waals surface area contributed by atoms with Crippen LogP contribution in [0.5, 0.6) is 0 Å². The fraction of sp³-hybridized carbons (Fsp3) is 0.500. The third-order valence-corrected chi connectivity index (χ3v) is 6.65. The number of fused-ring (bicyclic) bond motifs is 1. The molecule has 168 valence electrons. The van der Waals surface area contributed by atoms with Gasteiger partial charge in [0.05, 0.1) is 17.7 Å². The SMILES string of the molecule is CCC1CCC(c2cc(F)c(-c3cc(F)c4c(c3)COC(OC)C4(F)F)c(F)c2)CC1. The molecule has 1 unspecified atom stereocenters. The predicted octanol–water partition coefficient (Wildman–Crippen LogP) is 7.05. The Hall–Kier alpha value is -1.99. The number of rotatable bonds is 4. The third-order valence-electron chi connectivity index (χ3n) is 6.65. The van der Waals surface area contributed by atoms with Crippen LogP contribution in [-0.4, -0.2) is 13.4 Å². The van der Waals surface area contributed by atoms with E-state index in [9.17, 15) is 22.0 Å². The van der Waals surface area contributed by atoms with Gasteiger partial charge in [0, 0.05) is 7.11 Å². The van der Waals surface area contributed by atoms with Crippen LogP contribution in [0.1, 0.15) is 61.6 Å². The zero-order chi connectivity index (χ0) is 22.3. The van der Waals surface area contributed by atoms with Gasteiger partial charge in [0.15, 0.2) is 0 Å². The smallest absolute Gasteiger partial charge is 0.326 e. The van der Waals surface area contributed by atoms with Crippen LogP contribution in [0.15, 0.2) is 24.3 Å². The molecule has 1 aliphatic heterocycles. The van der Waals surface area contributed by atoms with Gasteiger partial charge in [0.1, 0.15) is 17.5 Å². The Morgan fingerprint density at radius 3 is 2.19 bits per heavy atom. The van der Waals surface area contributed by atoms with E-state index in [0.29, 0.717) is 11.5 Å². The molecule has 4 rings (SSSR count). The van der Waals surface area contributed by atoms with Gasteiger partial charge >= 0.3 is 5.92 Å². The zero-order valence-electron chi connectivity index (χ0n) is 17.5. The quantitative estimate of drug-likeness (QED) is 0.475. The van der Waals surface area contributed by atoms with Gasteiger partial charge in [-0.3, -0.25) is 0 Å². The molecule has 0 radical (unpaired) electrons. The lowest BCUT2D eigenvalue weighted by Gasteiger charge is -2.32. The average molecular weight is 440 g/mol. The Kier molecular flexibility index (Phi) is 6.10. The minimum atomic E-state index is -3.72. The molecule has 1 fully saturated rings. The van der Waals surface area contributed by atoms with Crippen LogP contribution < -0.4 is 0 Å². The lowest BCUT2D eigenvalue weighted by atomic mass is 9.77. The lowest BCUT2D eigenvalue weighted by molar-refractivity contribution is -0.269. The molecule has 0 bridgehead atoms. The molecule has 7 heteroatoms. The maximum Gasteiger partial charge on any atom is 0.326 e. The van der Waals surface area contributed by atoms with Crippen LogP contribution in [0, 0.1) is 23.4 Å². The Bertz CT molecular complexity index is 944. The molecule has 1 atom stereocenters. The predicted molar refractivity (Wildman–Crippen MR) is 106 cm³/mol. The molecule has 0 N–H and O–H groups in total. The Morgan fingerprint density at radius 2 is 1.61 bits per heavy atom. The van der Waals surface area contributed by atoms with Crippen molar-refractivity contribution in [2.75, 3.05) is 7.11 Å². The van der Waals surface area contributed by atoms with Crippen molar-refractivity contribution in [3.8, 4) is 11.1 Å². The Balaban J connectivity index is 1.69. The highest BCUT2D eigenvalue weighted by molar-refractivity contribution is 5.67. The summed E-state index contributed by atoms with van der Waals surface area (Å²) in [6.07, 6.45) is 2.98. The number of hydrogen-bond acceptors (Lipinski definition) is 2. The molecule has 1 saturated carbocycles. The van der Waals surface area contributed by atoms with Crippen LogP contribution in [0.2, 0.25) is 0 Å². The van der Waals surface area contributed by atoms with Crippen molar-refractivity contribution in [2.45, 2.75) is 63.8 Å². The van der Waals surface area contributed by atoms with Crippen molar-refractivity contribution < 1.29 is 31.4 Å². The topological polar surface area (TPSA) is 18.5 Å². The highest BCUT2D eigenvalue weighted by Gasteiger charge is 2.49. The van der Waals surface area contributed by atoms with Gasteiger partial charge in [-0.15, -0.1) is 0 Å². The second-order valence-electron chi connectivity index (χ2n) is 8.48. The van der Waals surface area contributed by atoms with Crippen molar-refractivity contribution in [1.29, 1.82) is 0 Å². The summed E-state index contributed by atoms with van der Waals surface area (Å²) in [6, 6.07) is 4.49. The van der Waals surface area contributed by atoms with E-state index < -0.39 is 40.8 Å². The monoisotopic (exact) mass is 440 g/mol. The molecule has 31 heavy (non-hydrogen) atoms. The van der Waals surface area contributed by atoms with Gasteiger partial charge in [0.2, 0.25) is 6.29 Å². The van der Waals surface area contributed by atoms with Gasteiger partial charge < -0.3 is 9.47 Å². The summed E-state index contributed by atoms with van der Waals surface area (Å²) < 4.78 is 83.2. The van der Waals surface area contributed by atoms with Crippen molar-refractivity contribution in [2.24, 2.45) is 5.92 Å². The fourth-order valence-electron chi connectivity index (χ4n) is 4.91. The summed E-state index contributed by atoms with van der Waals surface area (Å²) in [4.78, 5) is 0. The van der Waals surface area contributed by atoms with Crippen molar-refractivity contribution in [3.63, 3.8) is 0 Å². The van der Waals surface area contributed by atoms with E-state index >= 15 is 0 Å². The van der Waals surface area contributed by atoms with Gasteiger partial charge in [-0.1, -0.05) is 13.3 Å². The summed E-state index contributed by atoms with van der Waals surface area (Å²) in [7, 11) is 1.04. The highest BCUT2D eigenvalue weighted by atomic mass is 19.3. The molecule has 2 nitrogen and oxygen atoms in total. The van der Waals surface area contributed by atoms with Gasteiger partial charge in [-0.05, 0) is 78.5 Å². The minimum Gasteiger partial charge on any atom is -0.350 e. The molecular weight excluding hydrogens is 415 g/mol. The van der Waals surface area contributed by atoms with Crippen LogP contribution in [-0.2, 0) is 22.0 Å². The lowest BCUT2D eigenvalue weighted by Crippen LogP contribution is -2.40. The molecule has 0 amide bonds. The molecule has 2 aromatic rings. The number of halogens is 5. The largest absolute Gasteiger partial charge is 0.350 e. The molecule has 0 spiro atoms. The van der Waals surface area contributed by atoms with E-state index in [1.165, 1.54) is 12.1 Å². The average Bonchev–Trinajstić information content (AvgIpc) is 2.72. The Morgan fingerprint density at radius 1 is 0.968 bits per heavy atom. The van der Waals surface area contributed by atoms with Crippen LogP contribution >= 0.6 is 0 Å². The van der Waals surface area contributed by atoms with E-state index in [4.69, 9.17) is 4.74 Å². The second kappa shape index (κ2) is 8.51. The molecule has 2 aromatic carbocycles. The first-order valence-corrected chi connectivity index (χ1v) is 10.6. The first-order chi connectivity index (χ1) is 14.8. The molecular formula is C24H25F5O2. The Labute approximate surface area is 178 Å². The van der Waals surface area contributed by atoms with E-state index in [2.05, 4.69) is 11.7 Å². The molecule has 1 aliphatic carbocycles. The molecule has 2 aliphatic rings.